The van der Waals surface area contributed by atoms with Crippen LogP contribution in [0.5, 0.6) is 0 Å². The predicted octanol–water partition coefficient (Wildman–Crippen LogP) is 1.02. The number of imidazole rings is 1. The highest BCUT2D eigenvalue weighted by Gasteiger charge is 2.22. The Balaban J connectivity index is 1.68. The number of hydrogen-bond donors (Lipinski definition) is 1. The van der Waals surface area contributed by atoms with Gasteiger partial charge in [0, 0.05) is 43.8 Å². The Morgan fingerprint density at radius 3 is 2.59 bits per heavy atom. The maximum atomic E-state index is 5.76. The van der Waals surface area contributed by atoms with Crippen molar-refractivity contribution in [1.82, 2.24) is 14.5 Å². The average molecular weight is 228 g/mol. The van der Waals surface area contributed by atoms with Gasteiger partial charge in [-0.1, -0.05) is 12.1 Å². The van der Waals surface area contributed by atoms with E-state index < -0.39 is 0 Å². The maximum absolute atomic E-state index is 5.76. The topological polar surface area (TPSA) is 47.1 Å². The van der Waals surface area contributed by atoms with Gasteiger partial charge in [-0.3, -0.25) is 4.90 Å². The van der Waals surface area contributed by atoms with Crippen LogP contribution in [-0.4, -0.2) is 33.6 Å². The third-order valence-electron chi connectivity index (χ3n) is 3.13. The average Bonchev–Trinajstić information content (AvgIpc) is 2.81. The van der Waals surface area contributed by atoms with Gasteiger partial charge in [0.05, 0.1) is 6.33 Å². The van der Waals surface area contributed by atoms with Crippen LogP contribution in [0.25, 0.3) is 5.69 Å². The summed E-state index contributed by atoms with van der Waals surface area (Å²) in [4.78, 5) is 6.40. The van der Waals surface area contributed by atoms with Crippen molar-refractivity contribution in [2.45, 2.75) is 12.6 Å². The lowest BCUT2D eigenvalue weighted by Crippen LogP contribution is -2.54. The van der Waals surface area contributed by atoms with Crippen molar-refractivity contribution in [2.24, 2.45) is 5.73 Å². The zero-order valence-electron chi connectivity index (χ0n) is 9.66. The van der Waals surface area contributed by atoms with Crippen LogP contribution in [0.4, 0.5) is 0 Å². The summed E-state index contributed by atoms with van der Waals surface area (Å²) in [5.74, 6) is 0. The van der Waals surface area contributed by atoms with Crippen molar-refractivity contribution in [1.29, 1.82) is 0 Å². The standard InChI is InChI=1S/C13H16N4/c14-12-8-16(9-12)7-11-1-3-13(4-2-11)17-6-5-15-10-17/h1-6,10,12H,7-9,14H2. The number of aromatic nitrogens is 2. The van der Waals surface area contributed by atoms with E-state index in [1.54, 1.807) is 6.20 Å². The molecule has 0 unspecified atom stereocenters. The van der Waals surface area contributed by atoms with Gasteiger partial charge >= 0.3 is 0 Å². The first-order valence-corrected chi connectivity index (χ1v) is 5.86. The van der Waals surface area contributed by atoms with Crippen LogP contribution < -0.4 is 5.73 Å². The summed E-state index contributed by atoms with van der Waals surface area (Å²) in [5, 5.41) is 0. The Morgan fingerprint density at radius 1 is 1.24 bits per heavy atom. The third-order valence-corrected chi connectivity index (χ3v) is 3.13. The molecule has 1 fully saturated rings. The first-order valence-electron chi connectivity index (χ1n) is 5.86. The van der Waals surface area contributed by atoms with E-state index in [0.29, 0.717) is 6.04 Å². The fourth-order valence-electron chi connectivity index (χ4n) is 2.18. The summed E-state index contributed by atoms with van der Waals surface area (Å²) in [6.07, 6.45) is 5.54. The fourth-order valence-corrected chi connectivity index (χ4v) is 2.18. The second-order valence-corrected chi connectivity index (χ2v) is 4.59. The maximum Gasteiger partial charge on any atom is 0.0991 e. The van der Waals surface area contributed by atoms with Crippen molar-refractivity contribution in [3.63, 3.8) is 0 Å². The van der Waals surface area contributed by atoms with Crippen LogP contribution >= 0.6 is 0 Å². The Bertz CT molecular complexity index is 469. The van der Waals surface area contributed by atoms with Crippen LogP contribution in [0.3, 0.4) is 0 Å². The van der Waals surface area contributed by atoms with E-state index in [2.05, 4.69) is 34.1 Å². The highest BCUT2D eigenvalue weighted by atomic mass is 15.2. The molecule has 3 rings (SSSR count). The van der Waals surface area contributed by atoms with E-state index >= 15 is 0 Å². The normalized spacial score (nSPS) is 17.0. The molecule has 0 spiro atoms. The van der Waals surface area contributed by atoms with Crippen molar-refractivity contribution >= 4 is 0 Å². The molecule has 4 nitrogen and oxygen atoms in total. The third kappa shape index (κ3) is 2.23. The molecule has 1 aliphatic rings. The smallest absolute Gasteiger partial charge is 0.0991 e. The lowest BCUT2D eigenvalue weighted by molar-refractivity contribution is 0.142. The second kappa shape index (κ2) is 4.31. The number of rotatable bonds is 3. The number of likely N-dealkylation sites (tertiary alicyclic amines) is 1. The number of nitrogens with two attached hydrogens (primary N) is 1. The van der Waals surface area contributed by atoms with Gasteiger partial charge in [-0.15, -0.1) is 0 Å². The summed E-state index contributed by atoms with van der Waals surface area (Å²) in [6, 6.07) is 8.95. The lowest BCUT2D eigenvalue weighted by atomic mass is 10.1. The molecule has 2 N–H and O–H groups in total. The van der Waals surface area contributed by atoms with Crippen molar-refractivity contribution < 1.29 is 0 Å². The lowest BCUT2D eigenvalue weighted by Gasteiger charge is -2.36. The summed E-state index contributed by atoms with van der Waals surface area (Å²) >= 11 is 0. The van der Waals surface area contributed by atoms with Gasteiger partial charge in [-0.25, -0.2) is 4.98 Å². The first kappa shape index (κ1) is 10.5. The van der Waals surface area contributed by atoms with Gasteiger partial charge < -0.3 is 10.3 Å². The molecule has 2 heterocycles. The van der Waals surface area contributed by atoms with E-state index in [4.69, 9.17) is 5.73 Å². The quantitative estimate of drug-likeness (QED) is 0.853. The van der Waals surface area contributed by atoms with Crippen LogP contribution in [0.1, 0.15) is 5.56 Å². The molecule has 1 aliphatic heterocycles. The van der Waals surface area contributed by atoms with E-state index in [1.807, 2.05) is 17.1 Å². The van der Waals surface area contributed by atoms with Crippen molar-refractivity contribution in [2.75, 3.05) is 13.1 Å². The zero-order chi connectivity index (χ0) is 11.7. The Labute approximate surface area is 101 Å². The van der Waals surface area contributed by atoms with Crippen LogP contribution in [-0.2, 0) is 6.54 Å². The highest BCUT2D eigenvalue weighted by Crippen LogP contribution is 2.14. The van der Waals surface area contributed by atoms with E-state index in [9.17, 15) is 0 Å². The molecule has 0 aliphatic carbocycles. The van der Waals surface area contributed by atoms with Crippen LogP contribution in [0, 0.1) is 0 Å². The molecule has 88 valence electrons. The summed E-state index contributed by atoms with van der Waals surface area (Å²) in [5.41, 5.74) is 8.24. The van der Waals surface area contributed by atoms with Gasteiger partial charge in [0.1, 0.15) is 0 Å². The zero-order valence-corrected chi connectivity index (χ0v) is 9.66. The largest absolute Gasteiger partial charge is 0.325 e. The monoisotopic (exact) mass is 228 g/mol. The van der Waals surface area contributed by atoms with Crippen LogP contribution in [0.15, 0.2) is 43.0 Å². The Morgan fingerprint density at radius 2 is 2.00 bits per heavy atom. The van der Waals surface area contributed by atoms with Crippen molar-refractivity contribution in [3.05, 3.63) is 48.5 Å². The number of benzene rings is 1. The van der Waals surface area contributed by atoms with Gasteiger partial charge in [-0.2, -0.15) is 0 Å². The molecular weight excluding hydrogens is 212 g/mol. The van der Waals surface area contributed by atoms with Crippen molar-refractivity contribution in [3.8, 4) is 5.69 Å². The molecular formula is C13H16N4. The fraction of sp³-hybridized carbons (Fsp3) is 0.308. The summed E-state index contributed by atoms with van der Waals surface area (Å²) in [7, 11) is 0. The molecule has 1 aromatic heterocycles. The number of nitrogens with zero attached hydrogens (tertiary/aromatic N) is 3. The SMILES string of the molecule is NC1CN(Cc2ccc(-n3ccnc3)cc2)C1. The molecule has 0 radical (unpaired) electrons. The second-order valence-electron chi connectivity index (χ2n) is 4.59. The predicted molar refractivity (Wildman–Crippen MR) is 66.8 cm³/mol. The van der Waals surface area contributed by atoms with Gasteiger partial charge in [0.15, 0.2) is 0 Å². The van der Waals surface area contributed by atoms with Crippen LogP contribution in [0.2, 0.25) is 0 Å². The minimum absolute atomic E-state index is 0.375. The van der Waals surface area contributed by atoms with Gasteiger partial charge in [-0.05, 0) is 17.7 Å². The van der Waals surface area contributed by atoms with E-state index in [0.717, 1.165) is 25.3 Å². The molecule has 1 aromatic carbocycles. The molecule has 17 heavy (non-hydrogen) atoms. The number of hydrogen-bond acceptors (Lipinski definition) is 3. The minimum Gasteiger partial charge on any atom is -0.325 e. The summed E-state index contributed by atoms with van der Waals surface area (Å²) < 4.78 is 2.00. The molecule has 0 amide bonds. The van der Waals surface area contributed by atoms with E-state index in [1.165, 1.54) is 5.56 Å². The van der Waals surface area contributed by atoms with Gasteiger partial charge in [0.25, 0.3) is 0 Å². The molecule has 0 atom stereocenters. The van der Waals surface area contributed by atoms with E-state index in [-0.39, 0.29) is 0 Å². The first-order chi connectivity index (χ1) is 8.31. The molecule has 1 saturated heterocycles. The molecule has 2 aromatic rings. The molecule has 4 heteroatoms. The Kier molecular flexibility index (Phi) is 2.66. The van der Waals surface area contributed by atoms with Gasteiger partial charge in [0.2, 0.25) is 0 Å². The summed E-state index contributed by atoms with van der Waals surface area (Å²) in [6.45, 7) is 3.03. The Hall–Kier alpha value is -1.65. The molecule has 0 bridgehead atoms. The minimum atomic E-state index is 0.375. The molecule has 0 saturated carbocycles. The highest BCUT2D eigenvalue weighted by molar-refractivity contribution is 5.34.